The van der Waals surface area contributed by atoms with Crippen molar-refractivity contribution in [1.29, 1.82) is 0 Å². The molecular weight excluding hydrogens is 180 g/mol. The van der Waals surface area contributed by atoms with Crippen molar-refractivity contribution in [3.8, 4) is 0 Å². The van der Waals surface area contributed by atoms with Crippen LogP contribution in [-0.2, 0) is 4.79 Å². The second-order valence-electron chi connectivity index (χ2n) is 3.26. The average Bonchev–Trinajstić information content (AvgIpc) is 2.16. The summed E-state index contributed by atoms with van der Waals surface area (Å²) in [6, 6.07) is 0. The zero-order valence-corrected chi connectivity index (χ0v) is 8.54. The number of unbranched alkanes of at least 4 members (excludes halogenated alkanes) is 3. The summed E-state index contributed by atoms with van der Waals surface area (Å²) in [7, 11) is 0. The van der Waals surface area contributed by atoms with Gasteiger partial charge in [0.1, 0.15) is 6.10 Å². The molecular formula is C10H20N2O2. The van der Waals surface area contributed by atoms with Crippen LogP contribution in [0.2, 0.25) is 0 Å². The maximum Gasteiger partial charge on any atom is 0.247 e. The summed E-state index contributed by atoms with van der Waals surface area (Å²) < 4.78 is 0. The molecule has 0 aliphatic heterocycles. The molecule has 0 aliphatic carbocycles. The van der Waals surface area contributed by atoms with Gasteiger partial charge in [0, 0.05) is 6.54 Å². The van der Waals surface area contributed by atoms with Crippen molar-refractivity contribution < 1.29 is 9.90 Å². The quantitative estimate of drug-likeness (QED) is 0.367. The van der Waals surface area contributed by atoms with Crippen molar-refractivity contribution in [1.82, 2.24) is 5.32 Å². The smallest absolute Gasteiger partial charge is 0.247 e. The summed E-state index contributed by atoms with van der Waals surface area (Å²) in [5.74, 6) is -0.677. The van der Waals surface area contributed by atoms with E-state index in [1.54, 1.807) is 0 Å². The Balaban J connectivity index is 3.13. The molecule has 4 N–H and O–H groups in total. The first-order valence-corrected chi connectivity index (χ1v) is 4.97. The highest BCUT2D eigenvalue weighted by atomic mass is 16.3. The Bertz CT molecular complexity index is 172. The monoisotopic (exact) mass is 200 g/mol. The van der Waals surface area contributed by atoms with Crippen molar-refractivity contribution in [2.45, 2.75) is 31.8 Å². The molecule has 0 radical (unpaired) electrons. The van der Waals surface area contributed by atoms with Gasteiger partial charge in [-0.25, -0.2) is 0 Å². The first-order chi connectivity index (χ1) is 6.68. The van der Waals surface area contributed by atoms with E-state index in [-0.39, 0.29) is 6.54 Å². The van der Waals surface area contributed by atoms with Gasteiger partial charge in [0.05, 0.1) is 0 Å². The maximum atomic E-state index is 10.4. The van der Waals surface area contributed by atoms with Crippen LogP contribution >= 0.6 is 0 Å². The molecule has 0 aliphatic rings. The largest absolute Gasteiger partial charge is 0.382 e. The number of amides is 1. The third-order valence-electron chi connectivity index (χ3n) is 1.93. The number of carbonyl (C=O) groups excluding carboxylic acids is 1. The number of rotatable bonds is 9. The first kappa shape index (κ1) is 13.1. The number of nitrogens with two attached hydrogens (primary N) is 1. The highest BCUT2D eigenvalue weighted by Gasteiger charge is 2.08. The van der Waals surface area contributed by atoms with Gasteiger partial charge in [-0.15, -0.1) is 6.58 Å². The summed E-state index contributed by atoms with van der Waals surface area (Å²) in [4.78, 5) is 10.4. The molecule has 0 saturated heterocycles. The van der Waals surface area contributed by atoms with Crippen molar-refractivity contribution >= 4 is 5.91 Å². The van der Waals surface area contributed by atoms with Gasteiger partial charge in [-0.2, -0.15) is 0 Å². The average molecular weight is 200 g/mol. The Morgan fingerprint density at radius 2 is 2.21 bits per heavy atom. The van der Waals surface area contributed by atoms with Gasteiger partial charge >= 0.3 is 0 Å². The SMILES string of the molecule is C=CCCCCCNCC(O)C(N)=O. The van der Waals surface area contributed by atoms with E-state index in [9.17, 15) is 4.79 Å². The normalized spacial score (nSPS) is 12.4. The Morgan fingerprint density at radius 1 is 1.50 bits per heavy atom. The van der Waals surface area contributed by atoms with E-state index in [0.29, 0.717) is 0 Å². The molecule has 0 rings (SSSR count). The number of carbonyl (C=O) groups is 1. The predicted octanol–water partition coefficient (Wildman–Crippen LogP) is 0.169. The van der Waals surface area contributed by atoms with E-state index in [1.165, 1.54) is 0 Å². The lowest BCUT2D eigenvalue weighted by atomic mass is 10.2. The van der Waals surface area contributed by atoms with Crippen LogP contribution in [-0.4, -0.2) is 30.2 Å². The minimum Gasteiger partial charge on any atom is -0.382 e. The maximum absolute atomic E-state index is 10.4. The van der Waals surface area contributed by atoms with Crippen LogP contribution in [0.25, 0.3) is 0 Å². The second-order valence-corrected chi connectivity index (χ2v) is 3.26. The van der Waals surface area contributed by atoms with Crippen LogP contribution in [0.3, 0.4) is 0 Å². The minimum atomic E-state index is -1.07. The van der Waals surface area contributed by atoms with E-state index in [1.807, 2.05) is 6.08 Å². The molecule has 1 amide bonds. The molecule has 1 atom stereocenters. The van der Waals surface area contributed by atoms with Gasteiger partial charge in [0.25, 0.3) is 0 Å². The van der Waals surface area contributed by atoms with Gasteiger partial charge in [0.15, 0.2) is 0 Å². The Labute approximate surface area is 85.2 Å². The van der Waals surface area contributed by atoms with Crippen molar-refractivity contribution in [3.63, 3.8) is 0 Å². The van der Waals surface area contributed by atoms with E-state index >= 15 is 0 Å². The number of primary amides is 1. The third kappa shape index (κ3) is 7.76. The van der Waals surface area contributed by atoms with Crippen LogP contribution in [0.4, 0.5) is 0 Å². The molecule has 0 bridgehead atoms. The lowest BCUT2D eigenvalue weighted by molar-refractivity contribution is -0.125. The van der Waals surface area contributed by atoms with Crippen molar-refractivity contribution in [3.05, 3.63) is 12.7 Å². The van der Waals surface area contributed by atoms with Crippen molar-refractivity contribution in [2.75, 3.05) is 13.1 Å². The van der Waals surface area contributed by atoms with Crippen LogP contribution in [0, 0.1) is 0 Å². The van der Waals surface area contributed by atoms with Gasteiger partial charge in [-0.1, -0.05) is 12.5 Å². The van der Waals surface area contributed by atoms with Crippen LogP contribution in [0.5, 0.6) is 0 Å². The predicted molar refractivity (Wildman–Crippen MR) is 56.7 cm³/mol. The highest BCUT2D eigenvalue weighted by Crippen LogP contribution is 1.98. The van der Waals surface area contributed by atoms with E-state index in [4.69, 9.17) is 10.8 Å². The lowest BCUT2D eigenvalue weighted by Gasteiger charge is -2.07. The molecule has 0 heterocycles. The minimum absolute atomic E-state index is 0.247. The molecule has 1 unspecified atom stereocenters. The molecule has 0 saturated carbocycles. The number of aliphatic hydroxyl groups is 1. The van der Waals surface area contributed by atoms with Crippen molar-refractivity contribution in [2.24, 2.45) is 5.73 Å². The Morgan fingerprint density at radius 3 is 2.79 bits per heavy atom. The second kappa shape index (κ2) is 8.72. The zero-order valence-electron chi connectivity index (χ0n) is 8.54. The number of hydrogen-bond donors (Lipinski definition) is 3. The highest BCUT2D eigenvalue weighted by molar-refractivity contribution is 5.78. The van der Waals surface area contributed by atoms with Gasteiger partial charge in [-0.3, -0.25) is 4.79 Å². The molecule has 0 fully saturated rings. The topological polar surface area (TPSA) is 75.3 Å². The third-order valence-corrected chi connectivity index (χ3v) is 1.93. The summed E-state index contributed by atoms with van der Waals surface area (Å²) in [5, 5.41) is 12.0. The lowest BCUT2D eigenvalue weighted by Crippen LogP contribution is -2.37. The fraction of sp³-hybridized carbons (Fsp3) is 0.700. The van der Waals surface area contributed by atoms with Crippen LogP contribution in [0.1, 0.15) is 25.7 Å². The van der Waals surface area contributed by atoms with Gasteiger partial charge < -0.3 is 16.2 Å². The first-order valence-electron chi connectivity index (χ1n) is 4.97. The van der Waals surface area contributed by atoms with Gasteiger partial charge in [-0.05, 0) is 25.8 Å². The summed E-state index contributed by atoms with van der Waals surface area (Å²) in [6.07, 6.45) is 5.20. The van der Waals surface area contributed by atoms with E-state index in [2.05, 4.69) is 11.9 Å². The number of allylic oxidation sites excluding steroid dienone is 1. The summed E-state index contributed by atoms with van der Waals surface area (Å²) >= 11 is 0. The van der Waals surface area contributed by atoms with E-state index in [0.717, 1.165) is 32.2 Å². The molecule has 0 aromatic carbocycles. The van der Waals surface area contributed by atoms with E-state index < -0.39 is 12.0 Å². The molecule has 0 spiro atoms. The molecule has 4 nitrogen and oxygen atoms in total. The summed E-state index contributed by atoms with van der Waals surface area (Å²) in [5.41, 5.74) is 4.88. The Kier molecular flexibility index (Phi) is 8.17. The van der Waals surface area contributed by atoms with Gasteiger partial charge in [0.2, 0.25) is 5.91 Å². The fourth-order valence-electron chi connectivity index (χ4n) is 1.05. The molecule has 0 aromatic heterocycles. The Hall–Kier alpha value is -0.870. The molecule has 4 heteroatoms. The molecule has 14 heavy (non-hydrogen) atoms. The number of hydrogen-bond acceptors (Lipinski definition) is 3. The summed E-state index contributed by atoms with van der Waals surface area (Å²) in [6.45, 7) is 4.69. The van der Waals surface area contributed by atoms with Crippen LogP contribution in [0.15, 0.2) is 12.7 Å². The number of aliphatic hydroxyl groups excluding tert-OH is 1. The number of nitrogens with one attached hydrogen (secondary N) is 1. The van der Waals surface area contributed by atoms with Crippen LogP contribution < -0.4 is 11.1 Å². The fourth-order valence-corrected chi connectivity index (χ4v) is 1.05. The zero-order chi connectivity index (χ0) is 10.8. The standard InChI is InChI=1S/C10H20N2O2/c1-2-3-4-5-6-7-12-8-9(13)10(11)14/h2,9,12-13H,1,3-8H2,(H2,11,14). The molecule has 0 aromatic rings. The molecule has 82 valence electrons.